The molecule has 0 bridgehead atoms. The van der Waals surface area contributed by atoms with Gasteiger partial charge in [0.05, 0.1) is 5.69 Å². The van der Waals surface area contributed by atoms with E-state index < -0.39 is 0 Å². The van der Waals surface area contributed by atoms with Crippen molar-refractivity contribution < 1.29 is 0 Å². The molecule has 0 saturated heterocycles. The van der Waals surface area contributed by atoms with Gasteiger partial charge in [0.15, 0.2) is 0 Å². The van der Waals surface area contributed by atoms with Crippen molar-refractivity contribution >= 4 is 11.4 Å². The molecule has 17 heavy (non-hydrogen) atoms. The summed E-state index contributed by atoms with van der Waals surface area (Å²) in [6.07, 6.45) is 0. The van der Waals surface area contributed by atoms with Gasteiger partial charge in [-0.2, -0.15) is 0 Å². The van der Waals surface area contributed by atoms with Gasteiger partial charge >= 0.3 is 0 Å². The molecular weight excluding hydrogens is 206 g/mol. The second kappa shape index (κ2) is 4.96. The second-order valence-electron chi connectivity index (χ2n) is 4.40. The first-order valence-corrected chi connectivity index (χ1v) is 5.84. The first-order chi connectivity index (χ1) is 8.15. The highest BCUT2D eigenvalue weighted by atomic mass is 14.7. The molecule has 86 valence electrons. The smallest absolute Gasteiger partial charge is 0.0635 e. The SMILES string of the molecule is CC(=Nc1cccc(C)c1)c1ccc(C)cc1. The summed E-state index contributed by atoms with van der Waals surface area (Å²) in [6.45, 7) is 6.23. The molecule has 0 radical (unpaired) electrons. The van der Waals surface area contributed by atoms with Crippen molar-refractivity contribution in [1.29, 1.82) is 0 Å². The van der Waals surface area contributed by atoms with E-state index in [1.165, 1.54) is 16.7 Å². The van der Waals surface area contributed by atoms with Crippen molar-refractivity contribution in [1.82, 2.24) is 0 Å². The minimum atomic E-state index is 1.02. The molecule has 0 aliphatic heterocycles. The number of hydrogen-bond donors (Lipinski definition) is 0. The van der Waals surface area contributed by atoms with Crippen LogP contribution in [0.15, 0.2) is 53.5 Å². The Morgan fingerprint density at radius 2 is 1.59 bits per heavy atom. The number of benzene rings is 2. The molecule has 1 heteroatoms. The van der Waals surface area contributed by atoms with Crippen molar-refractivity contribution in [3.05, 3.63) is 65.2 Å². The standard InChI is InChI=1S/C16H17N/c1-12-7-9-15(10-8-12)14(3)17-16-6-4-5-13(2)11-16/h4-11H,1-3H3. The van der Waals surface area contributed by atoms with Gasteiger partial charge < -0.3 is 0 Å². The molecule has 0 fully saturated rings. The van der Waals surface area contributed by atoms with Crippen LogP contribution in [0.25, 0.3) is 0 Å². The van der Waals surface area contributed by atoms with Gasteiger partial charge in [0, 0.05) is 5.71 Å². The normalized spacial score (nSPS) is 11.6. The zero-order valence-electron chi connectivity index (χ0n) is 10.6. The predicted molar refractivity (Wildman–Crippen MR) is 74.2 cm³/mol. The summed E-state index contributed by atoms with van der Waals surface area (Å²) in [6, 6.07) is 16.7. The van der Waals surface area contributed by atoms with Gasteiger partial charge in [0.1, 0.15) is 0 Å². The fourth-order valence-electron chi connectivity index (χ4n) is 1.75. The van der Waals surface area contributed by atoms with E-state index in [4.69, 9.17) is 0 Å². The molecule has 0 saturated carbocycles. The molecule has 0 aromatic heterocycles. The van der Waals surface area contributed by atoms with Crippen LogP contribution in [0.5, 0.6) is 0 Å². The Morgan fingerprint density at radius 3 is 2.24 bits per heavy atom. The molecule has 0 spiro atoms. The average Bonchev–Trinajstić information content (AvgIpc) is 2.29. The van der Waals surface area contributed by atoms with E-state index >= 15 is 0 Å². The Hall–Kier alpha value is -1.89. The van der Waals surface area contributed by atoms with Gasteiger partial charge in [-0.05, 0) is 44.0 Å². The van der Waals surface area contributed by atoms with Gasteiger partial charge in [-0.25, -0.2) is 0 Å². The van der Waals surface area contributed by atoms with E-state index in [0.29, 0.717) is 0 Å². The van der Waals surface area contributed by atoms with Crippen LogP contribution in [0.3, 0.4) is 0 Å². The van der Waals surface area contributed by atoms with Crippen molar-refractivity contribution in [3.8, 4) is 0 Å². The molecule has 1 nitrogen and oxygen atoms in total. The van der Waals surface area contributed by atoms with E-state index in [1.807, 2.05) is 19.1 Å². The molecule has 0 aliphatic rings. The fraction of sp³-hybridized carbons (Fsp3) is 0.188. The number of rotatable bonds is 2. The lowest BCUT2D eigenvalue weighted by atomic mass is 10.1. The van der Waals surface area contributed by atoms with E-state index in [0.717, 1.165) is 11.4 Å². The van der Waals surface area contributed by atoms with Crippen molar-refractivity contribution in [2.45, 2.75) is 20.8 Å². The fourth-order valence-corrected chi connectivity index (χ4v) is 1.75. The largest absolute Gasteiger partial charge is 0.253 e. The van der Waals surface area contributed by atoms with Gasteiger partial charge in [0.2, 0.25) is 0 Å². The van der Waals surface area contributed by atoms with Crippen LogP contribution in [0, 0.1) is 13.8 Å². The summed E-state index contributed by atoms with van der Waals surface area (Å²) in [4.78, 5) is 4.64. The highest BCUT2D eigenvalue weighted by Crippen LogP contribution is 2.15. The van der Waals surface area contributed by atoms with Crippen LogP contribution in [0.1, 0.15) is 23.6 Å². The average molecular weight is 223 g/mol. The Bertz CT molecular complexity index is 536. The summed E-state index contributed by atoms with van der Waals surface area (Å²) in [7, 11) is 0. The summed E-state index contributed by atoms with van der Waals surface area (Å²) in [5.74, 6) is 0. The Balaban J connectivity index is 2.30. The topological polar surface area (TPSA) is 12.4 Å². The number of aryl methyl sites for hydroxylation is 2. The Kier molecular flexibility index (Phi) is 3.38. The minimum Gasteiger partial charge on any atom is -0.253 e. The summed E-state index contributed by atoms with van der Waals surface area (Å²) in [5, 5.41) is 0. The predicted octanol–water partition coefficient (Wildman–Crippen LogP) is 4.44. The molecular formula is C16H17N. The highest BCUT2D eigenvalue weighted by molar-refractivity contribution is 6.00. The Morgan fingerprint density at radius 1 is 0.882 bits per heavy atom. The molecule has 0 amide bonds. The van der Waals surface area contributed by atoms with Gasteiger partial charge in [-0.15, -0.1) is 0 Å². The maximum Gasteiger partial charge on any atom is 0.0635 e. The van der Waals surface area contributed by atoms with Crippen molar-refractivity contribution in [2.75, 3.05) is 0 Å². The minimum absolute atomic E-state index is 1.02. The van der Waals surface area contributed by atoms with Gasteiger partial charge in [0.25, 0.3) is 0 Å². The van der Waals surface area contributed by atoms with E-state index in [1.54, 1.807) is 0 Å². The third kappa shape index (κ3) is 3.04. The maximum absolute atomic E-state index is 4.64. The lowest BCUT2D eigenvalue weighted by Crippen LogP contribution is -1.93. The maximum atomic E-state index is 4.64. The van der Waals surface area contributed by atoms with Crippen LogP contribution in [0.2, 0.25) is 0 Å². The summed E-state index contributed by atoms with van der Waals surface area (Å²) in [5.41, 5.74) is 5.76. The first kappa shape index (κ1) is 11.6. The number of nitrogens with zero attached hydrogens (tertiary/aromatic N) is 1. The van der Waals surface area contributed by atoms with Crippen LogP contribution in [-0.2, 0) is 0 Å². The molecule has 2 rings (SSSR count). The molecule has 0 N–H and O–H groups in total. The van der Waals surface area contributed by atoms with Crippen LogP contribution < -0.4 is 0 Å². The van der Waals surface area contributed by atoms with E-state index in [2.05, 4.69) is 55.2 Å². The number of aliphatic imine (C=N–C) groups is 1. The molecule has 0 aliphatic carbocycles. The lowest BCUT2D eigenvalue weighted by Gasteiger charge is -2.02. The quantitative estimate of drug-likeness (QED) is 0.667. The zero-order chi connectivity index (χ0) is 12.3. The van der Waals surface area contributed by atoms with E-state index in [-0.39, 0.29) is 0 Å². The second-order valence-corrected chi connectivity index (χ2v) is 4.40. The highest BCUT2D eigenvalue weighted by Gasteiger charge is 1.97. The zero-order valence-corrected chi connectivity index (χ0v) is 10.6. The third-order valence-electron chi connectivity index (χ3n) is 2.77. The van der Waals surface area contributed by atoms with Crippen LogP contribution in [-0.4, -0.2) is 5.71 Å². The summed E-state index contributed by atoms with van der Waals surface area (Å²) >= 11 is 0. The first-order valence-electron chi connectivity index (χ1n) is 5.84. The van der Waals surface area contributed by atoms with Crippen molar-refractivity contribution in [2.24, 2.45) is 4.99 Å². The molecule has 2 aromatic carbocycles. The molecule has 0 heterocycles. The molecule has 2 aromatic rings. The Labute approximate surface area is 103 Å². The summed E-state index contributed by atoms with van der Waals surface area (Å²) < 4.78 is 0. The monoisotopic (exact) mass is 223 g/mol. The third-order valence-corrected chi connectivity index (χ3v) is 2.77. The van der Waals surface area contributed by atoms with Crippen LogP contribution in [0.4, 0.5) is 5.69 Å². The lowest BCUT2D eigenvalue weighted by molar-refractivity contribution is 1.40. The van der Waals surface area contributed by atoms with Crippen LogP contribution >= 0.6 is 0 Å². The van der Waals surface area contributed by atoms with Gasteiger partial charge in [-0.1, -0.05) is 42.0 Å². The molecule has 0 atom stereocenters. The molecule has 0 unspecified atom stereocenters. The van der Waals surface area contributed by atoms with E-state index in [9.17, 15) is 0 Å². The van der Waals surface area contributed by atoms with Gasteiger partial charge in [-0.3, -0.25) is 4.99 Å². The number of hydrogen-bond acceptors (Lipinski definition) is 1. The van der Waals surface area contributed by atoms with Crippen molar-refractivity contribution in [3.63, 3.8) is 0 Å².